The first kappa shape index (κ1) is 12.4. The molecule has 1 heterocycles. The third kappa shape index (κ3) is 2.81. The average Bonchev–Trinajstić information content (AvgIpc) is 2.40. The van der Waals surface area contributed by atoms with Gasteiger partial charge in [-0.1, -0.05) is 12.1 Å². The van der Waals surface area contributed by atoms with Gasteiger partial charge < -0.3 is 10.2 Å². The van der Waals surface area contributed by atoms with E-state index in [1.54, 1.807) is 0 Å². The molecule has 94 valence electrons. The fraction of sp³-hybridized carbons (Fsp3) is 0.600. The summed E-state index contributed by atoms with van der Waals surface area (Å²) < 4.78 is 0. The molecule has 2 rings (SSSR count). The number of nitrogens with one attached hydrogen (secondary N) is 1. The van der Waals surface area contributed by atoms with Gasteiger partial charge in [0.15, 0.2) is 0 Å². The summed E-state index contributed by atoms with van der Waals surface area (Å²) in [7, 11) is 2.01. The lowest BCUT2D eigenvalue weighted by molar-refractivity contribution is 0.444. The highest BCUT2D eigenvalue weighted by Gasteiger charge is 2.18. The SMILES string of the molecule is CNC(C)(C)c1ccc(N2CCCCC2)cc1. The van der Waals surface area contributed by atoms with Gasteiger partial charge in [-0.05, 0) is 57.9 Å². The molecule has 1 N–H and O–H groups in total. The van der Waals surface area contributed by atoms with Crippen LogP contribution in [0.3, 0.4) is 0 Å². The predicted octanol–water partition coefficient (Wildman–Crippen LogP) is 3.13. The van der Waals surface area contributed by atoms with Gasteiger partial charge in [0.1, 0.15) is 0 Å². The van der Waals surface area contributed by atoms with Crippen LogP contribution in [0.1, 0.15) is 38.7 Å². The third-order valence-electron chi connectivity index (χ3n) is 3.94. The van der Waals surface area contributed by atoms with Gasteiger partial charge in [0, 0.05) is 24.3 Å². The van der Waals surface area contributed by atoms with E-state index >= 15 is 0 Å². The van der Waals surface area contributed by atoms with Crippen LogP contribution >= 0.6 is 0 Å². The van der Waals surface area contributed by atoms with Crippen molar-refractivity contribution in [2.45, 2.75) is 38.6 Å². The van der Waals surface area contributed by atoms with Crippen molar-refractivity contribution in [3.8, 4) is 0 Å². The minimum atomic E-state index is 0.0560. The summed E-state index contributed by atoms with van der Waals surface area (Å²) in [5.74, 6) is 0. The van der Waals surface area contributed by atoms with Crippen LogP contribution < -0.4 is 10.2 Å². The van der Waals surface area contributed by atoms with Gasteiger partial charge >= 0.3 is 0 Å². The van der Waals surface area contributed by atoms with Crippen molar-refractivity contribution in [1.82, 2.24) is 5.32 Å². The second-order valence-corrected chi connectivity index (χ2v) is 5.47. The van der Waals surface area contributed by atoms with Crippen molar-refractivity contribution in [3.63, 3.8) is 0 Å². The molecule has 1 aliphatic rings. The zero-order valence-corrected chi connectivity index (χ0v) is 11.3. The van der Waals surface area contributed by atoms with E-state index in [9.17, 15) is 0 Å². The topological polar surface area (TPSA) is 15.3 Å². The maximum atomic E-state index is 3.34. The van der Waals surface area contributed by atoms with Gasteiger partial charge in [-0.3, -0.25) is 0 Å². The third-order valence-corrected chi connectivity index (χ3v) is 3.94. The van der Waals surface area contributed by atoms with Gasteiger partial charge in [0.2, 0.25) is 0 Å². The smallest absolute Gasteiger partial charge is 0.0375 e. The summed E-state index contributed by atoms with van der Waals surface area (Å²) in [5, 5.41) is 3.34. The first-order valence-electron chi connectivity index (χ1n) is 6.68. The number of rotatable bonds is 3. The summed E-state index contributed by atoms with van der Waals surface area (Å²) in [6.45, 7) is 6.86. The normalized spacial score (nSPS) is 17.2. The number of anilines is 1. The van der Waals surface area contributed by atoms with E-state index < -0.39 is 0 Å². The first-order valence-corrected chi connectivity index (χ1v) is 6.68. The maximum absolute atomic E-state index is 3.34. The van der Waals surface area contributed by atoms with Crippen LogP contribution in [-0.4, -0.2) is 20.1 Å². The molecule has 2 nitrogen and oxygen atoms in total. The van der Waals surface area contributed by atoms with Crippen LogP contribution in [0.2, 0.25) is 0 Å². The molecular weight excluding hydrogens is 208 g/mol. The van der Waals surface area contributed by atoms with Gasteiger partial charge in [-0.15, -0.1) is 0 Å². The Labute approximate surface area is 105 Å². The molecular formula is C15H24N2. The van der Waals surface area contributed by atoms with E-state index in [4.69, 9.17) is 0 Å². The molecule has 0 saturated carbocycles. The molecule has 0 atom stereocenters. The number of hydrogen-bond donors (Lipinski definition) is 1. The van der Waals surface area contributed by atoms with Crippen molar-refractivity contribution in [1.29, 1.82) is 0 Å². The highest BCUT2D eigenvalue weighted by atomic mass is 15.1. The lowest BCUT2D eigenvalue weighted by Crippen LogP contribution is -2.33. The summed E-state index contributed by atoms with van der Waals surface area (Å²) in [6.07, 6.45) is 4.06. The minimum Gasteiger partial charge on any atom is -0.372 e. The Morgan fingerprint density at radius 1 is 1.00 bits per heavy atom. The van der Waals surface area contributed by atoms with Crippen LogP contribution in [0.15, 0.2) is 24.3 Å². The van der Waals surface area contributed by atoms with Gasteiger partial charge in [-0.25, -0.2) is 0 Å². The molecule has 1 aromatic rings. The molecule has 0 aromatic heterocycles. The molecule has 0 bridgehead atoms. The quantitative estimate of drug-likeness (QED) is 0.861. The lowest BCUT2D eigenvalue weighted by atomic mass is 9.94. The number of nitrogens with zero attached hydrogens (tertiary/aromatic N) is 1. The van der Waals surface area contributed by atoms with Crippen LogP contribution in [0.5, 0.6) is 0 Å². The summed E-state index contributed by atoms with van der Waals surface area (Å²) in [5.41, 5.74) is 2.78. The average molecular weight is 232 g/mol. The number of piperidine rings is 1. The second-order valence-electron chi connectivity index (χ2n) is 5.47. The molecule has 1 saturated heterocycles. The van der Waals surface area contributed by atoms with Crippen molar-refractivity contribution >= 4 is 5.69 Å². The molecule has 1 aliphatic heterocycles. The highest BCUT2D eigenvalue weighted by Crippen LogP contribution is 2.24. The Hall–Kier alpha value is -1.02. The molecule has 1 aromatic carbocycles. The first-order chi connectivity index (χ1) is 8.13. The Morgan fingerprint density at radius 2 is 1.59 bits per heavy atom. The second kappa shape index (κ2) is 5.09. The molecule has 1 fully saturated rings. The standard InChI is InChI=1S/C15H24N2/c1-15(2,16-3)13-7-9-14(10-8-13)17-11-5-4-6-12-17/h7-10,16H,4-6,11-12H2,1-3H3. The summed E-state index contributed by atoms with van der Waals surface area (Å²) >= 11 is 0. The van der Waals surface area contributed by atoms with Crippen molar-refractivity contribution in [3.05, 3.63) is 29.8 Å². The minimum absolute atomic E-state index is 0.0560. The van der Waals surface area contributed by atoms with E-state index in [0.717, 1.165) is 0 Å². The van der Waals surface area contributed by atoms with E-state index in [1.807, 2.05) is 7.05 Å². The van der Waals surface area contributed by atoms with E-state index in [2.05, 4.69) is 48.3 Å². The summed E-state index contributed by atoms with van der Waals surface area (Å²) in [4.78, 5) is 2.50. The number of hydrogen-bond acceptors (Lipinski definition) is 2. The van der Waals surface area contributed by atoms with Crippen LogP contribution in [0, 0.1) is 0 Å². The Morgan fingerprint density at radius 3 is 2.12 bits per heavy atom. The fourth-order valence-electron chi connectivity index (χ4n) is 2.39. The van der Waals surface area contributed by atoms with Crippen molar-refractivity contribution in [2.24, 2.45) is 0 Å². The number of benzene rings is 1. The van der Waals surface area contributed by atoms with E-state index in [-0.39, 0.29) is 5.54 Å². The Bertz CT molecular complexity index is 348. The van der Waals surface area contributed by atoms with Gasteiger partial charge in [-0.2, -0.15) is 0 Å². The largest absolute Gasteiger partial charge is 0.372 e. The predicted molar refractivity (Wildman–Crippen MR) is 74.6 cm³/mol. The van der Waals surface area contributed by atoms with Crippen LogP contribution in [0.25, 0.3) is 0 Å². The Balaban J connectivity index is 2.12. The lowest BCUT2D eigenvalue weighted by Gasteiger charge is -2.30. The molecule has 0 amide bonds. The monoisotopic (exact) mass is 232 g/mol. The van der Waals surface area contributed by atoms with E-state index in [0.29, 0.717) is 0 Å². The molecule has 2 heteroatoms. The molecule has 0 spiro atoms. The van der Waals surface area contributed by atoms with Gasteiger partial charge in [0.25, 0.3) is 0 Å². The maximum Gasteiger partial charge on any atom is 0.0375 e. The summed E-state index contributed by atoms with van der Waals surface area (Å²) in [6, 6.07) is 9.03. The zero-order chi connectivity index (χ0) is 12.3. The highest BCUT2D eigenvalue weighted by molar-refractivity contribution is 5.48. The zero-order valence-electron chi connectivity index (χ0n) is 11.3. The van der Waals surface area contributed by atoms with Crippen molar-refractivity contribution in [2.75, 3.05) is 25.0 Å². The molecule has 0 radical (unpaired) electrons. The van der Waals surface area contributed by atoms with Gasteiger partial charge in [0.05, 0.1) is 0 Å². The Kier molecular flexibility index (Phi) is 3.72. The van der Waals surface area contributed by atoms with Crippen LogP contribution in [0.4, 0.5) is 5.69 Å². The molecule has 17 heavy (non-hydrogen) atoms. The van der Waals surface area contributed by atoms with E-state index in [1.165, 1.54) is 43.6 Å². The van der Waals surface area contributed by atoms with Crippen molar-refractivity contribution < 1.29 is 0 Å². The molecule has 0 aliphatic carbocycles. The molecule has 0 unspecified atom stereocenters. The van der Waals surface area contributed by atoms with Crippen LogP contribution in [-0.2, 0) is 5.54 Å². The fourth-order valence-corrected chi connectivity index (χ4v) is 2.39.